The molecule has 1 aromatic carbocycles. The van der Waals surface area contributed by atoms with E-state index in [1.165, 1.54) is 29.7 Å². The number of hydrogen-bond donors (Lipinski definition) is 1. The summed E-state index contributed by atoms with van der Waals surface area (Å²) in [7, 11) is 0. The maximum Gasteiger partial charge on any atom is 0.311 e. The molecule has 0 saturated carbocycles. The Bertz CT molecular complexity index is 730. The molecule has 0 aliphatic carbocycles. The van der Waals surface area contributed by atoms with E-state index in [1.807, 2.05) is 0 Å². The third kappa shape index (κ3) is 4.33. The first kappa shape index (κ1) is 16.6. The van der Waals surface area contributed by atoms with E-state index >= 15 is 0 Å². The lowest BCUT2D eigenvalue weighted by Crippen LogP contribution is -2.20. The molecule has 23 heavy (non-hydrogen) atoms. The molecule has 1 aromatic heterocycles. The molecule has 1 amide bonds. The lowest BCUT2D eigenvalue weighted by Gasteiger charge is -2.07. The van der Waals surface area contributed by atoms with Crippen molar-refractivity contribution >= 4 is 33.8 Å². The predicted octanol–water partition coefficient (Wildman–Crippen LogP) is 2.66. The summed E-state index contributed by atoms with van der Waals surface area (Å²) in [5.41, 5.74) is -0.120. The highest BCUT2D eigenvalue weighted by Gasteiger charge is 2.19. The first-order valence-corrected chi connectivity index (χ1v) is 7.53. The van der Waals surface area contributed by atoms with Gasteiger partial charge >= 0.3 is 5.69 Å². The highest BCUT2D eigenvalue weighted by atomic mass is 32.1. The van der Waals surface area contributed by atoms with E-state index in [4.69, 9.17) is 4.74 Å². The Morgan fingerprint density at radius 1 is 1.43 bits per heavy atom. The van der Waals surface area contributed by atoms with Crippen LogP contribution in [0.15, 0.2) is 29.8 Å². The number of Topliss-reactive ketones (excluding diaryl/α,β-unsaturated/α-hetero) is 1. The minimum atomic E-state index is -0.652. The number of benzene rings is 1. The van der Waals surface area contributed by atoms with Crippen LogP contribution in [0, 0.1) is 10.1 Å². The van der Waals surface area contributed by atoms with Crippen molar-refractivity contribution in [1.29, 1.82) is 0 Å². The van der Waals surface area contributed by atoms with Crippen molar-refractivity contribution in [2.24, 2.45) is 0 Å². The molecule has 0 aliphatic rings. The zero-order valence-corrected chi connectivity index (χ0v) is 13.0. The summed E-state index contributed by atoms with van der Waals surface area (Å²) in [5.74, 6) is -0.763. The van der Waals surface area contributed by atoms with Crippen molar-refractivity contribution in [2.45, 2.75) is 13.3 Å². The zero-order valence-electron chi connectivity index (χ0n) is 12.1. The van der Waals surface area contributed by atoms with Gasteiger partial charge in [-0.2, -0.15) is 0 Å². The second-order valence-corrected chi connectivity index (χ2v) is 5.29. The molecule has 0 fully saturated rings. The lowest BCUT2D eigenvalue weighted by molar-refractivity contribution is -0.385. The Balaban J connectivity index is 2.08. The maximum atomic E-state index is 11.7. The van der Waals surface area contributed by atoms with E-state index in [0.717, 1.165) is 6.07 Å². The van der Waals surface area contributed by atoms with Gasteiger partial charge in [0.15, 0.2) is 23.3 Å². The summed E-state index contributed by atoms with van der Waals surface area (Å²) in [5, 5.41) is 15.7. The molecule has 120 valence electrons. The van der Waals surface area contributed by atoms with Gasteiger partial charge in [0.05, 0.1) is 4.92 Å². The SMILES string of the molecule is CCC(=O)c1ccc(OCC(=O)Nc2nccs2)c([N+](=O)[O-])c1. The number of ether oxygens (including phenoxy) is 1. The number of nitro groups is 1. The fraction of sp³-hybridized carbons (Fsp3) is 0.214. The Kier molecular flexibility index (Phi) is 5.36. The lowest BCUT2D eigenvalue weighted by atomic mass is 10.1. The maximum absolute atomic E-state index is 11.7. The Labute approximate surface area is 135 Å². The molecule has 2 rings (SSSR count). The highest BCUT2D eigenvalue weighted by molar-refractivity contribution is 7.13. The molecule has 0 radical (unpaired) electrons. The molecule has 0 bridgehead atoms. The van der Waals surface area contributed by atoms with E-state index in [1.54, 1.807) is 12.3 Å². The van der Waals surface area contributed by atoms with Gasteiger partial charge in [0.25, 0.3) is 5.91 Å². The van der Waals surface area contributed by atoms with E-state index in [-0.39, 0.29) is 29.2 Å². The molecule has 9 heteroatoms. The molecule has 0 saturated heterocycles. The molecule has 1 heterocycles. The smallest absolute Gasteiger partial charge is 0.311 e. The Morgan fingerprint density at radius 2 is 2.22 bits per heavy atom. The number of carbonyl (C=O) groups excluding carboxylic acids is 2. The van der Waals surface area contributed by atoms with E-state index in [0.29, 0.717) is 5.13 Å². The predicted molar refractivity (Wildman–Crippen MR) is 84.0 cm³/mol. The first-order chi connectivity index (χ1) is 11.0. The minimum Gasteiger partial charge on any atom is -0.477 e. The van der Waals surface area contributed by atoms with Crippen molar-refractivity contribution in [3.05, 3.63) is 45.5 Å². The number of anilines is 1. The van der Waals surface area contributed by atoms with Crippen LogP contribution in [0.4, 0.5) is 10.8 Å². The van der Waals surface area contributed by atoms with E-state index in [2.05, 4.69) is 10.3 Å². The second-order valence-electron chi connectivity index (χ2n) is 4.39. The number of amides is 1. The van der Waals surface area contributed by atoms with Gasteiger partial charge in [-0.25, -0.2) is 4.98 Å². The summed E-state index contributed by atoms with van der Waals surface area (Å²) in [6, 6.07) is 3.91. The average molecular weight is 335 g/mol. The Morgan fingerprint density at radius 3 is 2.83 bits per heavy atom. The van der Waals surface area contributed by atoms with Gasteiger partial charge in [-0.15, -0.1) is 11.3 Å². The summed E-state index contributed by atoms with van der Waals surface area (Å²) in [4.78, 5) is 37.6. The van der Waals surface area contributed by atoms with Crippen LogP contribution >= 0.6 is 11.3 Å². The number of hydrogen-bond acceptors (Lipinski definition) is 7. The van der Waals surface area contributed by atoms with Gasteiger partial charge < -0.3 is 4.74 Å². The monoisotopic (exact) mass is 335 g/mol. The van der Waals surface area contributed by atoms with Gasteiger partial charge in [0.2, 0.25) is 0 Å². The summed E-state index contributed by atoms with van der Waals surface area (Å²) >= 11 is 1.24. The summed E-state index contributed by atoms with van der Waals surface area (Å²) in [6.07, 6.45) is 1.78. The molecule has 0 spiro atoms. The summed E-state index contributed by atoms with van der Waals surface area (Å²) in [6.45, 7) is 1.27. The van der Waals surface area contributed by atoms with Gasteiger partial charge in [-0.1, -0.05) is 6.92 Å². The molecular weight excluding hydrogens is 322 g/mol. The number of aromatic nitrogens is 1. The minimum absolute atomic E-state index is 0.0723. The fourth-order valence-electron chi connectivity index (χ4n) is 1.74. The van der Waals surface area contributed by atoms with E-state index in [9.17, 15) is 19.7 Å². The van der Waals surface area contributed by atoms with Crippen LogP contribution in [-0.4, -0.2) is 28.2 Å². The van der Waals surface area contributed by atoms with Gasteiger partial charge in [0.1, 0.15) is 0 Å². The van der Waals surface area contributed by atoms with Crippen LogP contribution in [0.5, 0.6) is 5.75 Å². The third-order valence-corrected chi connectivity index (χ3v) is 3.52. The number of nitro benzene ring substituents is 1. The largest absolute Gasteiger partial charge is 0.477 e. The number of nitrogens with one attached hydrogen (secondary N) is 1. The van der Waals surface area contributed by atoms with Crippen LogP contribution in [0.2, 0.25) is 0 Å². The molecular formula is C14H13N3O5S. The highest BCUT2D eigenvalue weighted by Crippen LogP contribution is 2.28. The Hall–Kier alpha value is -2.81. The molecule has 1 N–H and O–H groups in total. The number of carbonyl (C=O) groups is 2. The van der Waals surface area contributed by atoms with Crippen molar-refractivity contribution in [3.63, 3.8) is 0 Å². The van der Waals surface area contributed by atoms with Crippen LogP contribution in [0.1, 0.15) is 23.7 Å². The molecule has 0 aliphatic heterocycles. The first-order valence-electron chi connectivity index (χ1n) is 6.65. The fourth-order valence-corrected chi connectivity index (χ4v) is 2.29. The molecule has 8 nitrogen and oxygen atoms in total. The normalized spacial score (nSPS) is 10.1. The number of ketones is 1. The second kappa shape index (κ2) is 7.45. The number of rotatable bonds is 7. The standard InChI is InChI=1S/C14H13N3O5S/c1-2-11(18)9-3-4-12(10(7-9)17(20)21)22-8-13(19)16-14-15-5-6-23-14/h3-7H,2,8H2,1H3,(H,15,16,19). The number of nitrogens with zero attached hydrogens (tertiary/aromatic N) is 2. The molecule has 2 aromatic rings. The topological polar surface area (TPSA) is 111 Å². The van der Waals surface area contributed by atoms with Crippen molar-refractivity contribution in [3.8, 4) is 5.75 Å². The summed E-state index contributed by atoms with van der Waals surface area (Å²) < 4.78 is 5.19. The quantitative estimate of drug-likeness (QED) is 0.473. The van der Waals surface area contributed by atoms with Gasteiger partial charge in [-0.05, 0) is 12.1 Å². The van der Waals surface area contributed by atoms with Crippen LogP contribution < -0.4 is 10.1 Å². The van der Waals surface area contributed by atoms with Crippen molar-refractivity contribution in [2.75, 3.05) is 11.9 Å². The van der Waals surface area contributed by atoms with Crippen LogP contribution in [0.3, 0.4) is 0 Å². The van der Waals surface area contributed by atoms with Gasteiger partial charge in [-0.3, -0.25) is 25.0 Å². The molecule has 0 unspecified atom stereocenters. The van der Waals surface area contributed by atoms with Crippen molar-refractivity contribution in [1.82, 2.24) is 4.98 Å². The van der Waals surface area contributed by atoms with E-state index < -0.39 is 17.4 Å². The number of thiazole rings is 1. The average Bonchev–Trinajstić information content (AvgIpc) is 3.04. The third-order valence-electron chi connectivity index (χ3n) is 2.84. The molecule has 0 atom stereocenters. The van der Waals surface area contributed by atoms with Gasteiger partial charge in [0, 0.05) is 29.6 Å². The zero-order chi connectivity index (χ0) is 16.8. The van der Waals surface area contributed by atoms with Crippen molar-refractivity contribution < 1.29 is 19.2 Å². The van der Waals surface area contributed by atoms with Crippen LogP contribution in [-0.2, 0) is 4.79 Å². The van der Waals surface area contributed by atoms with Crippen LogP contribution in [0.25, 0.3) is 0 Å².